The first-order valence-corrected chi connectivity index (χ1v) is 10.6. The Kier molecular flexibility index (Phi) is 8.34. The monoisotopic (exact) mass is 437 g/mol. The molecule has 0 radical (unpaired) electrons. The molecule has 30 heavy (non-hydrogen) atoms. The number of hydrogen-bond donors (Lipinski definition) is 1. The topological polar surface area (TPSA) is 52.7 Å². The number of nitrogens with zero attached hydrogens (tertiary/aromatic N) is 2. The maximum atomic E-state index is 13.4. The predicted octanol–water partition coefficient (Wildman–Crippen LogP) is 5.58. The van der Waals surface area contributed by atoms with Crippen molar-refractivity contribution >= 4 is 28.3 Å². The van der Waals surface area contributed by atoms with Crippen molar-refractivity contribution in [3.8, 4) is 10.4 Å². The summed E-state index contributed by atoms with van der Waals surface area (Å²) >= 11 is 1.26. The molecule has 1 aromatic carbocycles. The van der Waals surface area contributed by atoms with Crippen molar-refractivity contribution in [1.29, 1.82) is 0 Å². The van der Waals surface area contributed by atoms with E-state index in [0.717, 1.165) is 25.3 Å². The summed E-state index contributed by atoms with van der Waals surface area (Å²) in [4.78, 5) is 28.8. The summed E-state index contributed by atoms with van der Waals surface area (Å²) in [5.74, 6) is -1.09. The van der Waals surface area contributed by atoms with Crippen LogP contribution in [0.4, 0.5) is 18.6 Å². The number of urea groups is 1. The van der Waals surface area contributed by atoms with Gasteiger partial charge in [-0.1, -0.05) is 14.4 Å². The molecule has 0 unspecified atom stereocenters. The number of halogens is 2. The minimum atomic E-state index is -0.637. The number of nitrogens with one attached hydrogen (secondary N) is 1. The summed E-state index contributed by atoms with van der Waals surface area (Å²) in [5.41, 5.74) is 0.436. The number of benzene rings is 1. The van der Waals surface area contributed by atoms with Gasteiger partial charge in [-0.2, -0.15) is 0 Å². The minimum Gasteiger partial charge on any atom is -0.343 e. The first-order valence-electron chi connectivity index (χ1n) is 9.75. The molecule has 0 bridgehead atoms. The second-order valence-electron chi connectivity index (χ2n) is 7.23. The normalized spacial score (nSPS) is 14.2. The zero-order chi connectivity index (χ0) is 21.0. The zero-order valence-electron chi connectivity index (χ0n) is 16.6. The number of rotatable bonds is 5. The number of thiophene rings is 1. The molecule has 1 aliphatic heterocycles. The Morgan fingerprint density at radius 3 is 2.40 bits per heavy atom. The van der Waals surface area contributed by atoms with Gasteiger partial charge in [-0.15, -0.1) is 11.3 Å². The highest BCUT2D eigenvalue weighted by atomic mass is 32.1. The summed E-state index contributed by atoms with van der Waals surface area (Å²) < 4.78 is 26.9. The van der Waals surface area contributed by atoms with Crippen LogP contribution < -0.4 is 5.32 Å². The van der Waals surface area contributed by atoms with E-state index in [1.165, 1.54) is 23.5 Å². The number of carbonyl (C=O) groups excluding carboxylic acids is 2. The van der Waals surface area contributed by atoms with Crippen LogP contribution in [-0.2, 0) is 4.79 Å². The molecule has 0 atom stereocenters. The minimum absolute atomic E-state index is 0. The Balaban J connectivity index is 0.00000320. The SMILES string of the molecule is C.CCCC(=O)N1CCC(N(C)C(=O)Nc2ccc(-c3cc(F)cc(F)c3)s2)CC1. The lowest BCUT2D eigenvalue weighted by atomic mass is 10.0. The van der Waals surface area contributed by atoms with Crippen molar-refractivity contribution in [3.63, 3.8) is 0 Å². The van der Waals surface area contributed by atoms with E-state index in [1.54, 1.807) is 24.1 Å². The Hall–Kier alpha value is -2.48. The maximum absolute atomic E-state index is 13.4. The van der Waals surface area contributed by atoms with Gasteiger partial charge in [0, 0.05) is 43.5 Å². The van der Waals surface area contributed by atoms with Crippen molar-refractivity contribution in [2.75, 3.05) is 25.5 Å². The molecule has 1 fully saturated rings. The van der Waals surface area contributed by atoms with Gasteiger partial charge in [0.2, 0.25) is 5.91 Å². The fraction of sp³-hybridized carbons (Fsp3) is 0.455. The van der Waals surface area contributed by atoms with Crippen LogP contribution in [0.1, 0.15) is 40.0 Å². The Bertz CT molecular complexity index is 859. The molecule has 2 aromatic rings. The van der Waals surface area contributed by atoms with Gasteiger partial charge < -0.3 is 9.80 Å². The highest BCUT2D eigenvalue weighted by Gasteiger charge is 2.27. The molecule has 1 aliphatic rings. The molecular weight excluding hydrogens is 408 g/mol. The van der Waals surface area contributed by atoms with Crippen LogP contribution in [0.15, 0.2) is 30.3 Å². The van der Waals surface area contributed by atoms with Crippen LogP contribution in [0, 0.1) is 11.6 Å². The first-order chi connectivity index (χ1) is 13.9. The van der Waals surface area contributed by atoms with Crippen molar-refractivity contribution < 1.29 is 18.4 Å². The molecule has 3 rings (SSSR count). The number of carbonyl (C=O) groups is 2. The van der Waals surface area contributed by atoms with E-state index in [4.69, 9.17) is 0 Å². The van der Waals surface area contributed by atoms with E-state index in [0.29, 0.717) is 35.0 Å². The van der Waals surface area contributed by atoms with Crippen LogP contribution in [-0.4, -0.2) is 47.9 Å². The summed E-state index contributed by atoms with van der Waals surface area (Å²) in [6.07, 6.45) is 2.90. The van der Waals surface area contributed by atoms with Gasteiger partial charge in [0.25, 0.3) is 0 Å². The predicted molar refractivity (Wildman–Crippen MR) is 118 cm³/mol. The van der Waals surface area contributed by atoms with Crippen molar-refractivity contribution in [1.82, 2.24) is 9.80 Å². The number of likely N-dealkylation sites (tertiary alicyclic amines) is 1. The Morgan fingerprint density at radius 1 is 1.17 bits per heavy atom. The van der Waals surface area contributed by atoms with Crippen molar-refractivity contribution in [2.24, 2.45) is 0 Å². The Labute approximate surface area is 180 Å². The highest BCUT2D eigenvalue weighted by Crippen LogP contribution is 2.32. The zero-order valence-corrected chi connectivity index (χ0v) is 17.4. The molecule has 0 spiro atoms. The molecule has 8 heteroatoms. The van der Waals surface area contributed by atoms with Crippen molar-refractivity contribution in [3.05, 3.63) is 42.0 Å². The lowest BCUT2D eigenvalue weighted by molar-refractivity contribution is -0.132. The molecule has 1 saturated heterocycles. The summed E-state index contributed by atoms with van der Waals surface area (Å²) in [6, 6.07) is 6.64. The standard InChI is InChI=1S/C21H25F2N3O2S.CH4/c1-3-4-20(27)26-9-7-17(8-10-26)25(2)21(28)24-19-6-5-18(29-19)14-11-15(22)13-16(23)12-14;/h5-6,11-13,17H,3-4,7-10H2,1-2H3,(H,24,28);1H4. The molecule has 1 N–H and O–H groups in total. The number of amides is 3. The lowest BCUT2D eigenvalue weighted by Crippen LogP contribution is -2.48. The van der Waals surface area contributed by atoms with Crippen LogP contribution in [0.2, 0.25) is 0 Å². The maximum Gasteiger partial charge on any atom is 0.322 e. The highest BCUT2D eigenvalue weighted by molar-refractivity contribution is 7.19. The molecule has 0 aliphatic carbocycles. The van der Waals surface area contributed by atoms with Crippen molar-refractivity contribution in [2.45, 2.75) is 46.1 Å². The number of anilines is 1. The molecule has 3 amide bonds. The average molecular weight is 438 g/mol. The van der Waals surface area contributed by atoms with Gasteiger partial charge in [-0.05, 0) is 49.1 Å². The van der Waals surface area contributed by atoms with E-state index in [-0.39, 0.29) is 25.4 Å². The lowest BCUT2D eigenvalue weighted by Gasteiger charge is -2.36. The fourth-order valence-electron chi connectivity index (χ4n) is 3.49. The first kappa shape index (κ1) is 23.8. The second-order valence-corrected chi connectivity index (χ2v) is 8.31. The van der Waals surface area contributed by atoms with E-state index in [1.807, 2.05) is 11.8 Å². The third-order valence-corrected chi connectivity index (χ3v) is 6.18. The number of hydrogen-bond acceptors (Lipinski definition) is 3. The van der Waals surface area contributed by atoms with Gasteiger partial charge in [-0.3, -0.25) is 10.1 Å². The third kappa shape index (κ3) is 5.78. The van der Waals surface area contributed by atoms with Gasteiger partial charge in [0.05, 0.1) is 5.00 Å². The summed E-state index contributed by atoms with van der Waals surface area (Å²) in [5, 5.41) is 3.46. The van der Waals surface area contributed by atoms with E-state index >= 15 is 0 Å². The smallest absolute Gasteiger partial charge is 0.322 e. The van der Waals surface area contributed by atoms with Gasteiger partial charge in [-0.25, -0.2) is 13.6 Å². The van der Waals surface area contributed by atoms with Crippen LogP contribution >= 0.6 is 11.3 Å². The molecule has 1 aromatic heterocycles. The second kappa shape index (κ2) is 10.5. The number of piperidine rings is 1. The van der Waals surface area contributed by atoms with Gasteiger partial charge >= 0.3 is 6.03 Å². The largest absolute Gasteiger partial charge is 0.343 e. The quantitative estimate of drug-likeness (QED) is 0.663. The van der Waals surface area contributed by atoms with Crippen LogP contribution in [0.5, 0.6) is 0 Å². The molecule has 164 valence electrons. The fourth-order valence-corrected chi connectivity index (χ4v) is 4.37. The van der Waals surface area contributed by atoms with Crippen LogP contribution in [0.3, 0.4) is 0 Å². The average Bonchev–Trinajstić information content (AvgIpc) is 3.15. The van der Waals surface area contributed by atoms with E-state index in [2.05, 4.69) is 5.32 Å². The molecule has 2 heterocycles. The van der Waals surface area contributed by atoms with E-state index < -0.39 is 11.6 Å². The van der Waals surface area contributed by atoms with E-state index in [9.17, 15) is 18.4 Å². The third-order valence-electron chi connectivity index (χ3n) is 5.13. The summed E-state index contributed by atoms with van der Waals surface area (Å²) in [7, 11) is 1.75. The summed E-state index contributed by atoms with van der Waals surface area (Å²) in [6.45, 7) is 3.31. The van der Waals surface area contributed by atoms with Gasteiger partial charge in [0.15, 0.2) is 0 Å². The Morgan fingerprint density at radius 2 is 1.80 bits per heavy atom. The molecular formula is C22H29F2N3O2S. The van der Waals surface area contributed by atoms with Crippen LogP contribution in [0.25, 0.3) is 10.4 Å². The van der Waals surface area contributed by atoms with Gasteiger partial charge in [0.1, 0.15) is 11.6 Å². The molecule has 5 nitrogen and oxygen atoms in total. The molecule has 0 saturated carbocycles.